The van der Waals surface area contributed by atoms with Gasteiger partial charge < -0.3 is 28.8 Å². The van der Waals surface area contributed by atoms with E-state index in [-0.39, 0.29) is 12.5 Å². The highest BCUT2D eigenvalue weighted by Crippen LogP contribution is 2.38. The Morgan fingerprint density at radius 3 is 1.17 bits per heavy atom. The Hall–Kier alpha value is -1.28. The normalized spacial score (nSPS) is 14.1. The molecule has 0 aromatic heterocycles. The minimum atomic E-state index is -4.60. The molecular weight excluding hydrogens is 876 g/mol. The number of carbonyl (C=O) groups is 1. The molecule has 0 spiro atoms. The number of rotatable bonds is 55. The average molecular weight is 994 g/mol. The zero-order valence-electron chi connectivity index (χ0n) is 46.5. The lowest BCUT2D eigenvalue weighted by atomic mass is 10.0. The Morgan fingerprint density at radius 2 is 0.812 bits per heavy atom. The van der Waals surface area contributed by atoms with Gasteiger partial charge in [0.2, 0.25) is 5.91 Å². The number of hydrogen-bond donors (Lipinski definition) is 2. The molecular formula is C60H117N2O6P. The predicted octanol–water partition coefficient (Wildman–Crippen LogP) is 17.5. The number of aliphatic hydroxyl groups excluding tert-OH is 1. The van der Waals surface area contributed by atoms with Gasteiger partial charge in [0.15, 0.2) is 0 Å². The SMILES string of the molecule is CCCCCCCCCCC/C=C/CC/C=C/C(O)C(COP(=O)([O-])OCC[N+](C)(C)C)NC(=O)CCCCCCCCCCCCCCCCCC/C=C\CCCCCCCCCCCCCC. The van der Waals surface area contributed by atoms with Gasteiger partial charge in [-0.1, -0.05) is 262 Å². The maximum atomic E-state index is 13.0. The standard InChI is InChI=1S/C60H117N2O6P/c1-6-8-10-12-14-16-18-20-22-23-24-25-26-27-28-29-30-31-32-33-34-35-36-37-38-40-42-44-46-48-50-52-54-60(64)61-58(57-68-69(65,66)67-56-55-62(3,4)5)59(63)53-51-49-47-45-43-41-39-21-19-17-15-13-11-9-7-2/h27-28,43,45,51,53,58-59,63H,6-26,29-42,44,46-50,52,54-57H2,1-5H3,(H-,61,64,65,66)/b28-27-,45-43+,53-51+. The van der Waals surface area contributed by atoms with Gasteiger partial charge in [-0.15, -0.1) is 0 Å². The first kappa shape index (κ1) is 67.7. The van der Waals surface area contributed by atoms with Crippen LogP contribution in [-0.4, -0.2) is 68.5 Å². The summed E-state index contributed by atoms with van der Waals surface area (Å²) in [5.41, 5.74) is 0. The molecule has 0 aromatic rings. The first-order valence-corrected chi connectivity index (χ1v) is 31.3. The molecule has 408 valence electrons. The van der Waals surface area contributed by atoms with Gasteiger partial charge in [-0.25, -0.2) is 0 Å². The predicted molar refractivity (Wildman–Crippen MR) is 298 cm³/mol. The lowest BCUT2D eigenvalue weighted by molar-refractivity contribution is -0.870. The summed E-state index contributed by atoms with van der Waals surface area (Å²) in [6.07, 6.45) is 66.7. The van der Waals surface area contributed by atoms with Crippen molar-refractivity contribution in [2.45, 2.75) is 302 Å². The lowest BCUT2D eigenvalue weighted by Gasteiger charge is -2.29. The Kier molecular flexibility index (Phi) is 50.7. The summed E-state index contributed by atoms with van der Waals surface area (Å²) in [6, 6.07) is -0.901. The number of quaternary nitrogens is 1. The summed E-state index contributed by atoms with van der Waals surface area (Å²) >= 11 is 0. The number of phosphoric ester groups is 1. The molecule has 0 aromatic carbocycles. The monoisotopic (exact) mass is 993 g/mol. The van der Waals surface area contributed by atoms with Crippen molar-refractivity contribution in [2.75, 3.05) is 40.9 Å². The van der Waals surface area contributed by atoms with Crippen LogP contribution in [0.2, 0.25) is 0 Å². The summed E-state index contributed by atoms with van der Waals surface area (Å²) < 4.78 is 23.3. The maximum Gasteiger partial charge on any atom is 0.268 e. The van der Waals surface area contributed by atoms with E-state index in [1.807, 2.05) is 27.2 Å². The van der Waals surface area contributed by atoms with Crippen LogP contribution in [-0.2, 0) is 18.4 Å². The first-order valence-electron chi connectivity index (χ1n) is 29.9. The zero-order chi connectivity index (χ0) is 50.6. The van der Waals surface area contributed by atoms with E-state index < -0.39 is 26.6 Å². The molecule has 0 bridgehead atoms. The van der Waals surface area contributed by atoms with Crippen molar-refractivity contribution in [2.24, 2.45) is 0 Å². The number of hydrogen-bond acceptors (Lipinski definition) is 6. The Labute approximate surface area is 429 Å². The van der Waals surface area contributed by atoms with Crippen LogP contribution < -0.4 is 10.2 Å². The van der Waals surface area contributed by atoms with Crippen LogP contribution in [0, 0.1) is 0 Å². The van der Waals surface area contributed by atoms with E-state index >= 15 is 0 Å². The molecule has 2 N–H and O–H groups in total. The Bertz CT molecular complexity index is 1220. The fourth-order valence-electron chi connectivity index (χ4n) is 8.87. The van der Waals surface area contributed by atoms with Crippen molar-refractivity contribution in [3.8, 4) is 0 Å². The van der Waals surface area contributed by atoms with Crippen LogP contribution in [0.5, 0.6) is 0 Å². The van der Waals surface area contributed by atoms with Gasteiger partial charge in [0, 0.05) is 6.42 Å². The number of nitrogens with zero attached hydrogens (tertiary/aromatic N) is 1. The van der Waals surface area contributed by atoms with E-state index in [9.17, 15) is 19.4 Å². The third-order valence-electron chi connectivity index (χ3n) is 13.6. The van der Waals surface area contributed by atoms with Crippen molar-refractivity contribution in [3.63, 3.8) is 0 Å². The van der Waals surface area contributed by atoms with Crippen molar-refractivity contribution in [3.05, 3.63) is 36.5 Å². The third-order valence-corrected chi connectivity index (χ3v) is 14.5. The first-order chi connectivity index (χ1) is 33.5. The number of unbranched alkanes of at least 4 members (excludes halogenated alkanes) is 38. The molecule has 0 saturated carbocycles. The average Bonchev–Trinajstić information content (AvgIpc) is 3.31. The number of aliphatic hydroxyl groups is 1. The fraction of sp³-hybridized carbons (Fsp3) is 0.883. The van der Waals surface area contributed by atoms with Gasteiger partial charge in [0.1, 0.15) is 13.2 Å². The lowest BCUT2D eigenvalue weighted by Crippen LogP contribution is -2.45. The summed E-state index contributed by atoms with van der Waals surface area (Å²) in [6.45, 7) is 4.65. The highest BCUT2D eigenvalue weighted by Gasteiger charge is 2.23. The van der Waals surface area contributed by atoms with Crippen molar-refractivity contribution < 1.29 is 32.9 Å². The largest absolute Gasteiger partial charge is 0.756 e. The molecule has 0 aliphatic heterocycles. The molecule has 0 heterocycles. The molecule has 0 aliphatic carbocycles. The van der Waals surface area contributed by atoms with E-state index in [0.29, 0.717) is 17.4 Å². The minimum absolute atomic E-state index is 0.00518. The molecule has 0 fully saturated rings. The summed E-state index contributed by atoms with van der Waals surface area (Å²) in [5, 5.41) is 13.8. The minimum Gasteiger partial charge on any atom is -0.756 e. The van der Waals surface area contributed by atoms with Crippen molar-refractivity contribution >= 4 is 13.7 Å². The van der Waals surface area contributed by atoms with Gasteiger partial charge in [-0.2, -0.15) is 0 Å². The second kappa shape index (κ2) is 51.6. The molecule has 9 heteroatoms. The van der Waals surface area contributed by atoms with Gasteiger partial charge in [-0.05, 0) is 57.8 Å². The highest BCUT2D eigenvalue weighted by atomic mass is 31.2. The molecule has 8 nitrogen and oxygen atoms in total. The number of nitrogens with one attached hydrogen (secondary N) is 1. The number of likely N-dealkylation sites (N-methyl/N-ethyl adjacent to an activating group) is 1. The third kappa shape index (κ3) is 54.3. The Morgan fingerprint density at radius 1 is 0.493 bits per heavy atom. The Balaban J connectivity index is 4.05. The molecule has 0 radical (unpaired) electrons. The summed E-state index contributed by atoms with van der Waals surface area (Å²) in [7, 11) is 1.25. The van der Waals surface area contributed by atoms with E-state index in [2.05, 4.69) is 43.5 Å². The molecule has 1 amide bonds. The van der Waals surface area contributed by atoms with E-state index in [1.165, 1.54) is 231 Å². The zero-order valence-corrected chi connectivity index (χ0v) is 47.4. The van der Waals surface area contributed by atoms with Gasteiger partial charge in [0.05, 0.1) is 39.9 Å². The summed E-state index contributed by atoms with van der Waals surface area (Å²) in [4.78, 5) is 25.5. The van der Waals surface area contributed by atoms with Gasteiger partial charge in [0.25, 0.3) is 7.82 Å². The molecule has 0 aliphatic rings. The van der Waals surface area contributed by atoms with Gasteiger partial charge in [-0.3, -0.25) is 9.36 Å². The van der Waals surface area contributed by atoms with Crippen LogP contribution in [0.4, 0.5) is 0 Å². The van der Waals surface area contributed by atoms with Crippen LogP contribution >= 0.6 is 7.82 Å². The van der Waals surface area contributed by atoms with E-state index in [0.717, 1.165) is 38.5 Å². The molecule has 0 rings (SSSR count). The fourth-order valence-corrected chi connectivity index (χ4v) is 9.60. The molecule has 3 atom stereocenters. The quantitative estimate of drug-likeness (QED) is 0.0272. The van der Waals surface area contributed by atoms with Crippen LogP contribution in [0.15, 0.2) is 36.5 Å². The highest BCUT2D eigenvalue weighted by molar-refractivity contribution is 7.45. The number of phosphoric acid groups is 1. The second-order valence-corrected chi connectivity index (χ2v) is 23.1. The smallest absolute Gasteiger partial charge is 0.268 e. The molecule has 3 unspecified atom stereocenters. The second-order valence-electron chi connectivity index (χ2n) is 21.7. The van der Waals surface area contributed by atoms with Crippen LogP contribution in [0.1, 0.15) is 290 Å². The van der Waals surface area contributed by atoms with Gasteiger partial charge >= 0.3 is 0 Å². The number of carbonyl (C=O) groups excluding carboxylic acids is 1. The maximum absolute atomic E-state index is 13.0. The number of allylic oxidation sites excluding steroid dienone is 5. The van der Waals surface area contributed by atoms with Crippen LogP contribution in [0.3, 0.4) is 0 Å². The summed E-state index contributed by atoms with van der Waals surface area (Å²) in [5.74, 6) is -0.204. The van der Waals surface area contributed by atoms with E-state index in [1.54, 1.807) is 6.08 Å². The van der Waals surface area contributed by atoms with Crippen molar-refractivity contribution in [1.29, 1.82) is 0 Å². The topological polar surface area (TPSA) is 108 Å². The molecule has 69 heavy (non-hydrogen) atoms. The van der Waals surface area contributed by atoms with Crippen molar-refractivity contribution in [1.82, 2.24) is 5.32 Å². The molecule has 0 saturated heterocycles. The van der Waals surface area contributed by atoms with Crippen LogP contribution in [0.25, 0.3) is 0 Å². The number of amides is 1. The van der Waals surface area contributed by atoms with E-state index in [4.69, 9.17) is 9.05 Å².